The molecule has 4 nitrogen and oxygen atoms in total. The number of carbonyl (C=O) groups is 2. The number of hydrogen-bond acceptors (Lipinski definition) is 3. The van der Waals surface area contributed by atoms with E-state index < -0.39 is 5.92 Å². The van der Waals surface area contributed by atoms with Crippen LogP contribution in [0.2, 0.25) is 0 Å². The molecule has 2 unspecified atom stereocenters. The van der Waals surface area contributed by atoms with Gasteiger partial charge in [-0.2, -0.15) is 0 Å². The van der Waals surface area contributed by atoms with Crippen LogP contribution in [0.5, 0.6) is 0 Å². The van der Waals surface area contributed by atoms with Gasteiger partial charge in [-0.15, -0.1) is 0 Å². The number of Topliss-reactive ketones (excluding diaryl/α,β-unsaturated/α-hetero) is 1. The number of carbonyl (C=O) groups excluding carboxylic acids is 2. The van der Waals surface area contributed by atoms with Crippen molar-refractivity contribution in [2.24, 2.45) is 5.92 Å². The lowest BCUT2D eigenvalue weighted by atomic mass is 9.93. The van der Waals surface area contributed by atoms with Crippen LogP contribution in [-0.4, -0.2) is 50.1 Å². The van der Waals surface area contributed by atoms with Crippen molar-refractivity contribution in [1.29, 1.82) is 0 Å². The molecule has 0 saturated heterocycles. The maximum atomic E-state index is 13.2. The molecule has 46 heavy (non-hydrogen) atoms. The highest BCUT2D eigenvalue weighted by atomic mass is 31.1. The summed E-state index contributed by atoms with van der Waals surface area (Å²) in [5, 5.41) is 0. The molecular formula is C41H83NO3P+. The van der Waals surface area contributed by atoms with E-state index in [0.29, 0.717) is 13.0 Å². The lowest BCUT2D eigenvalue weighted by Gasteiger charge is -2.23. The average molecular weight is 669 g/mol. The molecule has 0 spiro atoms. The minimum absolute atomic E-state index is 0.0436. The minimum atomic E-state index is -0.438. The van der Waals surface area contributed by atoms with Crippen LogP contribution in [0.15, 0.2) is 0 Å². The highest BCUT2D eigenvalue weighted by molar-refractivity contribution is 7.53. The zero-order valence-electron chi connectivity index (χ0n) is 32.1. The van der Waals surface area contributed by atoms with Crippen molar-refractivity contribution < 1.29 is 18.6 Å². The van der Waals surface area contributed by atoms with Gasteiger partial charge in [-0.1, -0.05) is 194 Å². The van der Waals surface area contributed by atoms with Gasteiger partial charge in [0.1, 0.15) is 18.9 Å². The van der Waals surface area contributed by atoms with Gasteiger partial charge in [-0.25, -0.2) is 0 Å². The molecule has 0 aliphatic rings. The smallest absolute Gasteiger partial charge is 0.189 e. The Morgan fingerprint density at radius 2 is 0.826 bits per heavy atom. The van der Waals surface area contributed by atoms with Gasteiger partial charge in [0, 0.05) is 6.42 Å². The standard InChI is InChI=1S/C41H83NO3P/c1-6-8-10-12-14-16-18-20-21-22-24-25-27-29-31-33-35-39(41(44)46-45-38-37-42(3,4)5)40(43)36-34-32-30-28-26-23-19-17-15-13-11-9-7-2/h39,46H,6-38H2,1-5H3/q+1. The first-order valence-electron chi connectivity index (χ1n) is 20.6. The Bertz CT molecular complexity index is 663. The molecule has 0 N–H and O–H groups in total. The summed E-state index contributed by atoms with van der Waals surface area (Å²) >= 11 is 0. The number of nitrogens with zero attached hydrogens (tertiary/aromatic N) is 1. The highest BCUT2D eigenvalue weighted by Gasteiger charge is 2.26. The molecule has 0 rings (SSSR count). The van der Waals surface area contributed by atoms with E-state index in [0.717, 1.165) is 43.1 Å². The Morgan fingerprint density at radius 1 is 0.500 bits per heavy atom. The predicted octanol–water partition coefficient (Wildman–Crippen LogP) is 13.1. The lowest BCUT2D eigenvalue weighted by Crippen LogP contribution is -2.37. The molecule has 0 aromatic heterocycles. The molecule has 0 heterocycles. The molecule has 0 aliphatic carbocycles. The van der Waals surface area contributed by atoms with Gasteiger partial charge in [-0.05, 0) is 12.8 Å². The van der Waals surface area contributed by atoms with Gasteiger partial charge in [0.25, 0.3) is 0 Å². The van der Waals surface area contributed by atoms with E-state index in [1.54, 1.807) is 0 Å². The Kier molecular flexibility index (Phi) is 34.3. The Balaban J connectivity index is 4.11. The number of unbranched alkanes of at least 4 members (excludes halogenated alkanes) is 27. The number of hydrogen-bond donors (Lipinski definition) is 0. The van der Waals surface area contributed by atoms with Gasteiger partial charge < -0.3 is 9.01 Å². The largest absolute Gasteiger partial charge is 0.349 e. The van der Waals surface area contributed by atoms with Gasteiger partial charge in [0.2, 0.25) is 0 Å². The summed E-state index contributed by atoms with van der Waals surface area (Å²) in [6.45, 7) is 6.01. The molecule has 0 aliphatic heterocycles. The fourth-order valence-electron chi connectivity index (χ4n) is 6.34. The Morgan fingerprint density at radius 3 is 1.17 bits per heavy atom. The fourth-order valence-corrected chi connectivity index (χ4v) is 7.12. The van der Waals surface area contributed by atoms with Gasteiger partial charge in [0.15, 0.2) is 5.52 Å². The summed E-state index contributed by atoms with van der Waals surface area (Å²) in [5.41, 5.74) is 0.0436. The van der Waals surface area contributed by atoms with Crippen molar-refractivity contribution in [3.63, 3.8) is 0 Å². The molecule has 0 aromatic rings. The van der Waals surface area contributed by atoms with Crippen LogP contribution in [0.3, 0.4) is 0 Å². The zero-order chi connectivity index (χ0) is 34.0. The second-order valence-electron chi connectivity index (χ2n) is 15.4. The predicted molar refractivity (Wildman–Crippen MR) is 205 cm³/mol. The number of quaternary nitrogens is 1. The Hall–Kier alpha value is -0.310. The fraction of sp³-hybridized carbons (Fsp3) is 0.951. The second kappa shape index (κ2) is 34.5. The molecule has 5 heteroatoms. The van der Waals surface area contributed by atoms with E-state index in [1.165, 1.54) is 161 Å². The highest BCUT2D eigenvalue weighted by Crippen LogP contribution is 2.27. The molecule has 2 atom stereocenters. The third kappa shape index (κ3) is 33.6. The van der Waals surface area contributed by atoms with E-state index in [-0.39, 0.29) is 20.1 Å². The lowest BCUT2D eigenvalue weighted by molar-refractivity contribution is -0.870. The number of likely N-dealkylation sites (N-methyl/N-ethyl adjacent to an activating group) is 1. The monoisotopic (exact) mass is 669 g/mol. The van der Waals surface area contributed by atoms with Crippen molar-refractivity contribution in [2.45, 2.75) is 213 Å². The number of ketones is 1. The van der Waals surface area contributed by atoms with Crippen LogP contribution in [0.4, 0.5) is 0 Å². The van der Waals surface area contributed by atoms with Crippen LogP contribution >= 0.6 is 8.81 Å². The summed E-state index contributed by atoms with van der Waals surface area (Å²) in [6, 6.07) is 0. The van der Waals surface area contributed by atoms with E-state index >= 15 is 0 Å². The topological polar surface area (TPSA) is 43.4 Å². The first-order valence-corrected chi connectivity index (χ1v) is 21.5. The van der Waals surface area contributed by atoms with E-state index in [2.05, 4.69) is 35.0 Å². The molecule has 0 fully saturated rings. The molecule has 0 radical (unpaired) electrons. The third-order valence-corrected chi connectivity index (χ3v) is 10.5. The second-order valence-corrected chi connectivity index (χ2v) is 16.4. The normalized spacial score (nSPS) is 12.8. The van der Waals surface area contributed by atoms with Gasteiger partial charge in [-0.3, -0.25) is 9.59 Å². The van der Waals surface area contributed by atoms with Crippen LogP contribution in [-0.2, 0) is 14.1 Å². The van der Waals surface area contributed by atoms with Crippen molar-refractivity contribution in [1.82, 2.24) is 0 Å². The van der Waals surface area contributed by atoms with Crippen LogP contribution < -0.4 is 0 Å². The van der Waals surface area contributed by atoms with Crippen LogP contribution in [0.25, 0.3) is 0 Å². The third-order valence-electron chi connectivity index (χ3n) is 9.62. The van der Waals surface area contributed by atoms with Crippen LogP contribution in [0.1, 0.15) is 213 Å². The molecule has 0 saturated carbocycles. The number of rotatable bonds is 38. The molecule has 274 valence electrons. The van der Waals surface area contributed by atoms with E-state index in [4.69, 9.17) is 4.52 Å². The van der Waals surface area contributed by atoms with Crippen molar-refractivity contribution in [3.8, 4) is 0 Å². The average Bonchev–Trinajstić information content (AvgIpc) is 3.02. The summed E-state index contributed by atoms with van der Waals surface area (Å²) in [7, 11) is 6.21. The first-order chi connectivity index (χ1) is 22.3. The van der Waals surface area contributed by atoms with Gasteiger partial charge in [0.05, 0.1) is 35.9 Å². The summed E-state index contributed by atoms with van der Waals surface area (Å²) in [4.78, 5) is 26.3. The quantitative estimate of drug-likeness (QED) is 0.0285. The molecule has 0 bridgehead atoms. The first kappa shape index (κ1) is 45.7. The minimum Gasteiger partial charge on any atom is -0.349 e. The molecule has 0 amide bonds. The van der Waals surface area contributed by atoms with E-state index in [1.807, 2.05) is 0 Å². The summed E-state index contributed by atoms with van der Waals surface area (Å²) in [6.07, 6.45) is 39.7. The van der Waals surface area contributed by atoms with Crippen molar-refractivity contribution >= 4 is 20.1 Å². The maximum Gasteiger partial charge on any atom is 0.189 e. The van der Waals surface area contributed by atoms with Gasteiger partial charge >= 0.3 is 0 Å². The maximum absolute atomic E-state index is 13.2. The zero-order valence-corrected chi connectivity index (χ0v) is 33.1. The summed E-state index contributed by atoms with van der Waals surface area (Å²) < 4.78 is 6.59. The van der Waals surface area contributed by atoms with Crippen molar-refractivity contribution in [3.05, 3.63) is 0 Å². The summed E-state index contributed by atoms with van der Waals surface area (Å²) in [5.74, 6) is -0.261. The van der Waals surface area contributed by atoms with Crippen molar-refractivity contribution in [2.75, 3.05) is 34.3 Å². The molecule has 0 aromatic carbocycles. The molecular weight excluding hydrogens is 585 g/mol. The SMILES string of the molecule is CCCCCCCCCCCCCCCCCCC(C(=O)CCCCCCCCCCCCCCC)C(=O)POCC[N+](C)(C)C. The van der Waals surface area contributed by atoms with E-state index in [9.17, 15) is 9.59 Å². The Labute approximate surface area is 291 Å². The van der Waals surface area contributed by atoms with Crippen LogP contribution in [0, 0.1) is 5.92 Å².